The maximum Gasteiger partial charge on any atom is 0.249 e. The topological polar surface area (TPSA) is 70.0 Å². The van der Waals surface area contributed by atoms with Crippen molar-refractivity contribution in [3.8, 4) is 6.07 Å². The van der Waals surface area contributed by atoms with Crippen LogP contribution in [0.1, 0.15) is 39.7 Å². The number of nitriles is 1. The number of rotatable bonds is 4. The van der Waals surface area contributed by atoms with Crippen molar-refractivity contribution in [3.63, 3.8) is 0 Å². The first-order valence-electron chi connectivity index (χ1n) is 6.22. The van der Waals surface area contributed by atoms with Crippen LogP contribution in [0.2, 0.25) is 0 Å². The zero-order valence-corrected chi connectivity index (χ0v) is 12.6. The Kier molecular flexibility index (Phi) is 4.59. The van der Waals surface area contributed by atoms with Crippen LogP contribution in [0.5, 0.6) is 0 Å². The van der Waals surface area contributed by atoms with E-state index in [1.807, 2.05) is 12.1 Å². The standard InChI is InChI=1S/C14H20N2O2S/c1-5-13(10-15)19(17,18)16-12-8-6-11(7-9-12)14(2,3)4/h6-9,13,16H,5H2,1-4H3. The molecular formula is C14H20N2O2S. The molecule has 0 amide bonds. The minimum atomic E-state index is -3.63. The van der Waals surface area contributed by atoms with E-state index in [9.17, 15) is 8.42 Å². The fourth-order valence-corrected chi connectivity index (χ4v) is 2.84. The molecule has 1 aromatic carbocycles. The van der Waals surface area contributed by atoms with Crippen LogP contribution in [0.15, 0.2) is 24.3 Å². The van der Waals surface area contributed by atoms with Gasteiger partial charge < -0.3 is 0 Å². The van der Waals surface area contributed by atoms with Crippen molar-refractivity contribution in [1.29, 1.82) is 5.26 Å². The van der Waals surface area contributed by atoms with Crippen molar-refractivity contribution in [2.24, 2.45) is 0 Å². The van der Waals surface area contributed by atoms with Crippen molar-refractivity contribution in [1.82, 2.24) is 0 Å². The molecule has 0 aliphatic heterocycles. The first kappa shape index (κ1) is 15.5. The van der Waals surface area contributed by atoms with Crippen molar-refractivity contribution in [3.05, 3.63) is 29.8 Å². The Balaban J connectivity index is 2.94. The van der Waals surface area contributed by atoms with E-state index in [1.165, 1.54) is 0 Å². The Hall–Kier alpha value is -1.54. The highest BCUT2D eigenvalue weighted by atomic mass is 32.2. The molecule has 4 nitrogen and oxygen atoms in total. The highest BCUT2D eigenvalue weighted by Crippen LogP contribution is 2.24. The molecule has 1 aromatic rings. The van der Waals surface area contributed by atoms with Crippen LogP contribution in [0, 0.1) is 11.3 Å². The van der Waals surface area contributed by atoms with E-state index in [4.69, 9.17) is 5.26 Å². The molecule has 0 spiro atoms. The second-order valence-electron chi connectivity index (χ2n) is 5.50. The molecule has 0 saturated carbocycles. The minimum absolute atomic E-state index is 0.0238. The molecule has 1 N–H and O–H groups in total. The van der Waals surface area contributed by atoms with Gasteiger partial charge in [-0.2, -0.15) is 5.26 Å². The molecule has 1 unspecified atom stereocenters. The largest absolute Gasteiger partial charge is 0.282 e. The molecule has 19 heavy (non-hydrogen) atoms. The molecule has 0 heterocycles. The summed E-state index contributed by atoms with van der Waals surface area (Å²) >= 11 is 0. The lowest BCUT2D eigenvalue weighted by atomic mass is 9.87. The summed E-state index contributed by atoms with van der Waals surface area (Å²) < 4.78 is 26.3. The van der Waals surface area contributed by atoms with Gasteiger partial charge in [-0.25, -0.2) is 8.42 Å². The zero-order chi connectivity index (χ0) is 14.7. The molecule has 0 aliphatic rings. The van der Waals surface area contributed by atoms with Crippen LogP contribution in [-0.2, 0) is 15.4 Å². The van der Waals surface area contributed by atoms with Crippen molar-refractivity contribution in [2.45, 2.75) is 44.8 Å². The summed E-state index contributed by atoms with van der Waals surface area (Å²) in [5.41, 5.74) is 1.64. The quantitative estimate of drug-likeness (QED) is 0.921. The Morgan fingerprint density at radius 1 is 1.26 bits per heavy atom. The normalized spacial score (nSPS) is 13.6. The van der Waals surface area contributed by atoms with E-state index >= 15 is 0 Å². The Morgan fingerprint density at radius 3 is 2.16 bits per heavy atom. The van der Waals surface area contributed by atoms with Gasteiger partial charge in [-0.05, 0) is 29.5 Å². The van der Waals surface area contributed by atoms with Crippen LogP contribution in [0.4, 0.5) is 5.69 Å². The van der Waals surface area contributed by atoms with E-state index in [2.05, 4.69) is 25.5 Å². The number of nitrogens with zero attached hydrogens (tertiary/aromatic N) is 1. The molecule has 0 bridgehead atoms. The van der Waals surface area contributed by atoms with Gasteiger partial charge in [0, 0.05) is 5.69 Å². The van der Waals surface area contributed by atoms with E-state index in [1.54, 1.807) is 25.1 Å². The summed E-state index contributed by atoms with van der Waals surface area (Å²) in [4.78, 5) is 0. The minimum Gasteiger partial charge on any atom is -0.282 e. The second kappa shape index (κ2) is 5.62. The molecule has 0 aliphatic carbocycles. The fourth-order valence-electron chi connectivity index (χ4n) is 1.65. The lowest BCUT2D eigenvalue weighted by Crippen LogP contribution is -2.26. The molecule has 0 saturated heterocycles. The predicted molar refractivity (Wildman–Crippen MR) is 77.4 cm³/mol. The second-order valence-corrected chi connectivity index (χ2v) is 7.36. The van der Waals surface area contributed by atoms with Crippen molar-refractivity contribution < 1.29 is 8.42 Å². The van der Waals surface area contributed by atoms with Crippen LogP contribution in [0.3, 0.4) is 0 Å². The van der Waals surface area contributed by atoms with Crippen LogP contribution in [0.25, 0.3) is 0 Å². The SMILES string of the molecule is CCC(C#N)S(=O)(=O)Nc1ccc(C(C)(C)C)cc1. The number of nitrogens with one attached hydrogen (secondary N) is 1. The third kappa shape index (κ3) is 3.97. The Bertz CT molecular complexity index is 563. The molecule has 0 radical (unpaired) electrons. The monoisotopic (exact) mass is 280 g/mol. The number of hydrogen-bond acceptors (Lipinski definition) is 3. The average molecular weight is 280 g/mol. The molecule has 5 heteroatoms. The third-order valence-electron chi connectivity index (χ3n) is 2.90. The first-order valence-corrected chi connectivity index (χ1v) is 7.77. The maximum absolute atomic E-state index is 11.9. The lowest BCUT2D eigenvalue weighted by Gasteiger charge is -2.19. The number of sulfonamides is 1. The molecule has 1 rings (SSSR count). The first-order chi connectivity index (χ1) is 8.70. The smallest absolute Gasteiger partial charge is 0.249 e. The average Bonchev–Trinajstić information content (AvgIpc) is 2.29. The summed E-state index contributed by atoms with van der Waals surface area (Å²) in [6.07, 6.45) is 0.270. The van der Waals surface area contributed by atoms with Gasteiger partial charge in [0.1, 0.15) is 0 Å². The van der Waals surface area contributed by atoms with Gasteiger partial charge in [-0.15, -0.1) is 0 Å². The predicted octanol–water partition coefficient (Wildman–Crippen LogP) is 3.03. The third-order valence-corrected chi connectivity index (χ3v) is 4.61. The van der Waals surface area contributed by atoms with Gasteiger partial charge in [0.15, 0.2) is 5.25 Å². The van der Waals surface area contributed by atoms with E-state index in [0.717, 1.165) is 5.56 Å². The summed E-state index contributed by atoms with van der Waals surface area (Å²) in [5.74, 6) is 0. The van der Waals surface area contributed by atoms with Gasteiger partial charge in [-0.3, -0.25) is 4.72 Å². The summed E-state index contributed by atoms with van der Waals surface area (Å²) in [6, 6.07) is 9.03. The molecule has 1 atom stereocenters. The van der Waals surface area contributed by atoms with E-state index in [-0.39, 0.29) is 11.8 Å². The molecular weight excluding hydrogens is 260 g/mol. The van der Waals surface area contributed by atoms with E-state index < -0.39 is 15.3 Å². The summed E-state index contributed by atoms with van der Waals surface area (Å²) in [7, 11) is -3.63. The fraction of sp³-hybridized carbons (Fsp3) is 0.500. The number of benzene rings is 1. The number of hydrogen-bond donors (Lipinski definition) is 1. The van der Waals surface area contributed by atoms with Gasteiger partial charge >= 0.3 is 0 Å². The number of anilines is 1. The van der Waals surface area contributed by atoms with E-state index in [0.29, 0.717) is 5.69 Å². The summed E-state index contributed by atoms with van der Waals surface area (Å²) in [5, 5.41) is 7.80. The van der Waals surface area contributed by atoms with Gasteiger partial charge in [0.05, 0.1) is 6.07 Å². The Labute approximate surface area is 115 Å². The Morgan fingerprint density at radius 2 is 1.79 bits per heavy atom. The van der Waals surface area contributed by atoms with Crippen LogP contribution in [-0.4, -0.2) is 13.7 Å². The van der Waals surface area contributed by atoms with Gasteiger partial charge in [0.25, 0.3) is 0 Å². The van der Waals surface area contributed by atoms with Crippen LogP contribution >= 0.6 is 0 Å². The highest BCUT2D eigenvalue weighted by Gasteiger charge is 2.23. The van der Waals surface area contributed by atoms with Crippen molar-refractivity contribution in [2.75, 3.05) is 4.72 Å². The lowest BCUT2D eigenvalue weighted by molar-refractivity contribution is 0.590. The molecule has 104 valence electrons. The van der Waals surface area contributed by atoms with Crippen molar-refractivity contribution >= 4 is 15.7 Å². The zero-order valence-electron chi connectivity index (χ0n) is 11.8. The summed E-state index contributed by atoms with van der Waals surface area (Å²) in [6.45, 7) is 7.95. The van der Waals surface area contributed by atoms with Crippen LogP contribution < -0.4 is 4.72 Å². The van der Waals surface area contributed by atoms with Gasteiger partial charge in [0.2, 0.25) is 10.0 Å². The molecule has 0 fully saturated rings. The highest BCUT2D eigenvalue weighted by molar-refractivity contribution is 7.93. The maximum atomic E-state index is 11.9. The van der Waals surface area contributed by atoms with Gasteiger partial charge in [-0.1, -0.05) is 39.8 Å². The molecule has 0 aromatic heterocycles.